The van der Waals surface area contributed by atoms with Crippen LogP contribution in [0.5, 0.6) is 5.75 Å². The topological polar surface area (TPSA) is 96.8 Å². The normalized spacial score (nSPS) is 13.1. The van der Waals surface area contributed by atoms with Gasteiger partial charge in [0.15, 0.2) is 5.69 Å². The van der Waals surface area contributed by atoms with E-state index < -0.39 is 0 Å². The summed E-state index contributed by atoms with van der Waals surface area (Å²) >= 11 is 0. The Bertz CT molecular complexity index is 1510. The minimum atomic E-state index is -0.231. The van der Waals surface area contributed by atoms with Gasteiger partial charge in [0, 0.05) is 49.7 Å². The first-order chi connectivity index (χ1) is 19.4. The number of methoxy groups -OCH3 is 1. The molecule has 0 bridgehead atoms. The van der Waals surface area contributed by atoms with E-state index in [9.17, 15) is 14.4 Å². The van der Waals surface area contributed by atoms with Crippen molar-refractivity contribution in [3.05, 3.63) is 89.6 Å². The highest BCUT2D eigenvalue weighted by Crippen LogP contribution is 2.22. The van der Waals surface area contributed by atoms with Crippen LogP contribution in [-0.2, 0) is 11.3 Å². The van der Waals surface area contributed by atoms with Crippen molar-refractivity contribution in [2.45, 2.75) is 25.8 Å². The number of hydrogen-bond acceptors (Lipinski definition) is 5. The molecule has 4 aromatic rings. The van der Waals surface area contributed by atoms with Crippen LogP contribution in [0, 0.1) is 0 Å². The Labute approximate surface area is 233 Å². The van der Waals surface area contributed by atoms with Crippen LogP contribution < -0.4 is 15.0 Å². The molecule has 0 unspecified atom stereocenters. The zero-order chi connectivity index (χ0) is 28.1. The van der Waals surface area contributed by atoms with Crippen molar-refractivity contribution in [1.82, 2.24) is 20.0 Å². The number of carbonyl (C=O) groups is 3. The van der Waals surface area contributed by atoms with Gasteiger partial charge in [-0.15, -0.1) is 0 Å². The number of hydrogen-bond donors (Lipinski definition) is 1. The maximum absolute atomic E-state index is 13.0. The summed E-state index contributed by atoms with van der Waals surface area (Å²) in [5.41, 5.74) is 3.53. The fourth-order valence-corrected chi connectivity index (χ4v) is 4.95. The molecule has 1 saturated heterocycles. The molecule has 1 aliphatic heterocycles. The second kappa shape index (κ2) is 12.0. The average molecular weight is 540 g/mol. The summed E-state index contributed by atoms with van der Waals surface area (Å²) in [4.78, 5) is 41.3. The number of benzene rings is 3. The van der Waals surface area contributed by atoms with Crippen LogP contribution in [0.3, 0.4) is 0 Å². The Hall–Kier alpha value is -4.66. The smallest absolute Gasteiger partial charge is 0.272 e. The Kier molecular flexibility index (Phi) is 8.10. The summed E-state index contributed by atoms with van der Waals surface area (Å²) in [5.74, 6) is 0.577. The highest BCUT2D eigenvalue weighted by molar-refractivity contribution is 6.06. The lowest BCUT2D eigenvalue weighted by molar-refractivity contribution is -0.127. The summed E-state index contributed by atoms with van der Waals surface area (Å²) in [6.07, 6.45) is 2.23. The van der Waals surface area contributed by atoms with Gasteiger partial charge in [-0.3, -0.25) is 19.1 Å². The number of aromatic nitrogens is 2. The fourth-order valence-electron chi connectivity index (χ4n) is 4.95. The van der Waals surface area contributed by atoms with Crippen molar-refractivity contribution >= 4 is 34.3 Å². The summed E-state index contributed by atoms with van der Waals surface area (Å²) in [5, 5.41) is 8.38. The van der Waals surface area contributed by atoms with Crippen LogP contribution in [-0.4, -0.2) is 66.2 Å². The van der Waals surface area contributed by atoms with Crippen molar-refractivity contribution < 1.29 is 19.1 Å². The van der Waals surface area contributed by atoms with E-state index >= 15 is 0 Å². The molecule has 206 valence electrons. The molecule has 1 aromatic heterocycles. The molecule has 1 N–H and O–H groups in total. The summed E-state index contributed by atoms with van der Waals surface area (Å²) < 4.78 is 7.01. The summed E-state index contributed by atoms with van der Waals surface area (Å²) in [6, 6.07) is 22.4. The monoisotopic (exact) mass is 539 g/mol. The Balaban J connectivity index is 1.24. The first-order valence-electron chi connectivity index (χ1n) is 13.5. The number of ether oxygens (including phenoxy) is 1. The largest absolute Gasteiger partial charge is 0.497 e. The van der Waals surface area contributed by atoms with Crippen LogP contribution in [0.4, 0.5) is 5.69 Å². The summed E-state index contributed by atoms with van der Waals surface area (Å²) in [7, 11) is 3.35. The molecule has 0 atom stereocenters. The van der Waals surface area contributed by atoms with E-state index in [0.29, 0.717) is 43.7 Å². The lowest BCUT2D eigenvalue weighted by Crippen LogP contribution is -2.31. The molecule has 2 heterocycles. The van der Waals surface area contributed by atoms with Crippen LogP contribution >= 0.6 is 0 Å². The zero-order valence-corrected chi connectivity index (χ0v) is 22.8. The van der Waals surface area contributed by atoms with Gasteiger partial charge < -0.3 is 19.9 Å². The maximum atomic E-state index is 13.0. The number of carbonyl (C=O) groups excluding carboxylic acids is 3. The number of nitrogens with zero attached hydrogens (tertiary/aromatic N) is 4. The molecule has 1 fully saturated rings. The first-order valence-corrected chi connectivity index (χ1v) is 13.5. The number of amides is 3. The predicted molar refractivity (Wildman–Crippen MR) is 154 cm³/mol. The molecule has 40 heavy (non-hydrogen) atoms. The van der Waals surface area contributed by atoms with E-state index in [1.807, 2.05) is 82.4 Å². The number of anilines is 1. The van der Waals surface area contributed by atoms with Gasteiger partial charge in [-0.2, -0.15) is 5.10 Å². The Morgan fingerprint density at radius 2 is 1.77 bits per heavy atom. The highest BCUT2D eigenvalue weighted by atomic mass is 16.5. The minimum Gasteiger partial charge on any atom is -0.497 e. The van der Waals surface area contributed by atoms with Crippen molar-refractivity contribution in [1.29, 1.82) is 0 Å². The van der Waals surface area contributed by atoms with Crippen molar-refractivity contribution in [2.24, 2.45) is 0 Å². The standard InChI is InChI=1S/C31H33N5O4/c1-34(24-14-16-25(40-2)17-15-24)31(39)23-12-10-22(11-13-23)21-36-27-8-4-3-7-26(27)29(33-36)30(38)32-18-6-20-35-19-5-9-28(35)37/h3-4,7-8,10-17H,5-6,9,18-21H2,1-2H3,(H,32,38). The van der Waals surface area contributed by atoms with Crippen LogP contribution in [0.2, 0.25) is 0 Å². The maximum Gasteiger partial charge on any atom is 0.272 e. The number of para-hydroxylation sites is 1. The lowest BCUT2D eigenvalue weighted by atomic mass is 10.1. The van der Waals surface area contributed by atoms with E-state index in [0.717, 1.165) is 40.9 Å². The summed E-state index contributed by atoms with van der Waals surface area (Å²) in [6.45, 7) is 2.39. The third-order valence-electron chi connectivity index (χ3n) is 7.23. The second-order valence-corrected chi connectivity index (χ2v) is 9.88. The van der Waals surface area contributed by atoms with Gasteiger partial charge in [-0.1, -0.05) is 30.3 Å². The van der Waals surface area contributed by atoms with E-state index in [4.69, 9.17) is 4.74 Å². The second-order valence-electron chi connectivity index (χ2n) is 9.88. The third-order valence-corrected chi connectivity index (χ3v) is 7.23. The van der Waals surface area contributed by atoms with Gasteiger partial charge in [0.05, 0.1) is 19.2 Å². The predicted octanol–water partition coefficient (Wildman–Crippen LogP) is 4.11. The van der Waals surface area contributed by atoms with E-state index in [1.54, 1.807) is 19.1 Å². The van der Waals surface area contributed by atoms with Crippen LogP contribution in [0.15, 0.2) is 72.8 Å². The molecular formula is C31H33N5O4. The molecule has 3 amide bonds. The Morgan fingerprint density at radius 1 is 1.02 bits per heavy atom. The van der Waals surface area contributed by atoms with Gasteiger partial charge in [0.2, 0.25) is 5.91 Å². The van der Waals surface area contributed by atoms with Crippen molar-refractivity contribution in [3.8, 4) is 5.75 Å². The number of likely N-dealkylation sites (tertiary alicyclic amines) is 1. The van der Waals surface area contributed by atoms with Crippen molar-refractivity contribution in [3.63, 3.8) is 0 Å². The van der Waals surface area contributed by atoms with Gasteiger partial charge in [0.25, 0.3) is 11.8 Å². The molecule has 1 aliphatic rings. The number of nitrogens with one attached hydrogen (secondary N) is 1. The third kappa shape index (κ3) is 5.83. The molecule has 5 rings (SSSR count). The lowest BCUT2D eigenvalue weighted by Gasteiger charge is -2.18. The van der Waals surface area contributed by atoms with Crippen molar-refractivity contribution in [2.75, 3.05) is 38.7 Å². The van der Waals surface area contributed by atoms with Gasteiger partial charge in [-0.25, -0.2) is 0 Å². The van der Waals surface area contributed by atoms with E-state index in [-0.39, 0.29) is 17.7 Å². The molecule has 0 radical (unpaired) electrons. The number of fused-ring (bicyclic) bond motifs is 1. The molecule has 9 nitrogen and oxygen atoms in total. The van der Waals surface area contributed by atoms with E-state index in [2.05, 4.69) is 10.4 Å². The first kappa shape index (κ1) is 26.9. The number of rotatable bonds is 10. The fraction of sp³-hybridized carbons (Fsp3) is 0.290. The average Bonchev–Trinajstić information content (AvgIpc) is 3.58. The molecule has 3 aromatic carbocycles. The van der Waals surface area contributed by atoms with E-state index in [1.165, 1.54) is 0 Å². The van der Waals surface area contributed by atoms with Gasteiger partial charge >= 0.3 is 0 Å². The minimum absolute atomic E-state index is 0.116. The molecular weight excluding hydrogens is 506 g/mol. The SMILES string of the molecule is COc1ccc(N(C)C(=O)c2ccc(Cn3nc(C(=O)NCCCN4CCCC4=O)c4ccccc43)cc2)cc1. The van der Waals surface area contributed by atoms with Crippen LogP contribution in [0.25, 0.3) is 10.9 Å². The molecule has 9 heteroatoms. The zero-order valence-electron chi connectivity index (χ0n) is 22.8. The highest BCUT2D eigenvalue weighted by Gasteiger charge is 2.20. The van der Waals surface area contributed by atoms with Gasteiger partial charge in [-0.05, 0) is 60.9 Å². The molecule has 0 aliphatic carbocycles. The quantitative estimate of drug-likeness (QED) is 0.306. The van der Waals surface area contributed by atoms with Gasteiger partial charge in [0.1, 0.15) is 5.75 Å². The molecule has 0 spiro atoms. The Morgan fingerprint density at radius 3 is 2.48 bits per heavy atom. The molecule has 0 saturated carbocycles. The van der Waals surface area contributed by atoms with Crippen LogP contribution in [0.1, 0.15) is 45.7 Å².